The number of carbonyl (C=O) groups excluding carboxylic acids is 1. The second-order valence-corrected chi connectivity index (χ2v) is 4.56. The summed E-state index contributed by atoms with van der Waals surface area (Å²) in [5, 5.41) is 18.6. The van der Waals surface area contributed by atoms with Gasteiger partial charge in [0, 0.05) is 18.7 Å². The van der Waals surface area contributed by atoms with Crippen LogP contribution in [-0.4, -0.2) is 34.1 Å². The van der Waals surface area contributed by atoms with Crippen molar-refractivity contribution >= 4 is 5.91 Å². The molecule has 1 amide bonds. The summed E-state index contributed by atoms with van der Waals surface area (Å²) in [5.41, 5.74) is 0.412. The maximum absolute atomic E-state index is 12.1. The minimum absolute atomic E-state index is 0.104. The fourth-order valence-electron chi connectivity index (χ4n) is 2.32. The van der Waals surface area contributed by atoms with Gasteiger partial charge in [-0.05, 0) is 31.0 Å². The zero-order chi connectivity index (χ0) is 12.4. The van der Waals surface area contributed by atoms with Gasteiger partial charge in [0.25, 0.3) is 5.91 Å². The molecule has 1 fully saturated rings. The largest absolute Gasteiger partial charge is 0.504 e. The molecule has 1 aliphatic carbocycles. The molecule has 1 aromatic rings. The van der Waals surface area contributed by atoms with Crippen LogP contribution in [0.25, 0.3) is 0 Å². The first-order chi connectivity index (χ1) is 8.09. The average molecular weight is 235 g/mol. The molecule has 0 spiro atoms. The predicted octanol–water partition coefficient (Wildman–Crippen LogP) is 2.11. The SMILES string of the molecule is CN(C(=O)c1ccc(O)c(O)c1)C1CCCC1. The van der Waals surface area contributed by atoms with Gasteiger partial charge in [-0.3, -0.25) is 4.79 Å². The first-order valence-electron chi connectivity index (χ1n) is 5.88. The average Bonchev–Trinajstić information content (AvgIpc) is 2.84. The van der Waals surface area contributed by atoms with Gasteiger partial charge in [-0.15, -0.1) is 0 Å². The highest BCUT2D eigenvalue weighted by Crippen LogP contribution is 2.27. The van der Waals surface area contributed by atoms with Crippen molar-refractivity contribution in [1.29, 1.82) is 0 Å². The lowest BCUT2D eigenvalue weighted by Gasteiger charge is -2.24. The van der Waals surface area contributed by atoms with Crippen LogP contribution in [0.1, 0.15) is 36.0 Å². The Kier molecular flexibility index (Phi) is 3.22. The predicted molar refractivity (Wildman–Crippen MR) is 64.1 cm³/mol. The second kappa shape index (κ2) is 4.65. The summed E-state index contributed by atoms with van der Waals surface area (Å²) in [5.74, 6) is -0.562. The van der Waals surface area contributed by atoms with Gasteiger partial charge in [-0.25, -0.2) is 0 Å². The molecule has 2 rings (SSSR count). The third-order valence-electron chi connectivity index (χ3n) is 3.42. The fourth-order valence-corrected chi connectivity index (χ4v) is 2.32. The van der Waals surface area contributed by atoms with E-state index >= 15 is 0 Å². The second-order valence-electron chi connectivity index (χ2n) is 4.56. The van der Waals surface area contributed by atoms with Gasteiger partial charge < -0.3 is 15.1 Å². The lowest BCUT2D eigenvalue weighted by atomic mass is 10.1. The third kappa shape index (κ3) is 2.35. The quantitative estimate of drug-likeness (QED) is 0.772. The van der Waals surface area contributed by atoms with Gasteiger partial charge in [0.2, 0.25) is 0 Å². The van der Waals surface area contributed by atoms with Gasteiger partial charge >= 0.3 is 0 Å². The Hall–Kier alpha value is -1.71. The van der Waals surface area contributed by atoms with Gasteiger partial charge in [-0.1, -0.05) is 12.8 Å². The van der Waals surface area contributed by atoms with E-state index in [9.17, 15) is 15.0 Å². The molecule has 0 heterocycles. The molecule has 0 radical (unpaired) electrons. The van der Waals surface area contributed by atoms with Crippen LogP contribution < -0.4 is 0 Å². The molecule has 0 atom stereocenters. The zero-order valence-electron chi connectivity index (χ0n) is 9.89. The van der Waals surface area contributed by atoms with Crippen LogP contribution in [0.3, 0.4) is 0 Å². The van der Waals surface area contributed by atoms with E-state index in [0.717, 1.165) is 12.8 Å². The van der Waals surface area contributed by atoms with Gasteiger partial charge in [-0.2, -0.15) is 0 Å². The minimum Gasteiger partial charge on any atom is -0.504 e. The molecule has 0 aromatic heterocycles. The van der Waals surface area contributed by atoms with Crippen molar-refractivity contribution in [3.05, 3.63) is 23.8 Å². The Morgan fingerprint density at radius 2 is 1.88 bits per heavy atom. The summed E-state index contributed by atoms with van der Waals surface area (Å²) in [4.78, 5) is 13.9. The first-order valence-corrected chi connectivity index (χ1v) is 5.88. The van der Waals surface area contributed by atoms with E-state index < -0.39 is 0 Å². The highest BCUT2D eigenvalue weighted by molar-refractivity contribution is 5.94. The maximum Gasteiger partial charge on any atom is 0.253 e. The number of phenolic OH excluding ortho intramolecular Hbond substituents is 2. The summed E-state index contributed by atoms with van der Waals surface area (Å²) >= 11 is 0. The van der Waals surface area contributed by atoms with Crippen molar-refractivity contribution in [2.75, 3.05) is 7.05 Å². The molecule has 0 bridgehead atoms. The lowest BCUT2D eigenvalue weighted by molar-refractivity contribution is 0.0734. The molecule has 1 aromatic carbocycles. The van der Waals surface area contributed by atoms with Crippen LogP contribution >= 0.6 is 0 Å². The van der Waals surface area contributed by atoms with Crippen LogP contribution in [0.15, 0.2) is 18.2 Å². The molecular weight excluding hydrogens is 218 g/mol. The number of hydrogen-bond donors (Lipinski definition) is 2. The van der Waals surface area contributed by atoms with Crippen LogP contribution in [0.2, 0.25) is 0 Å². The number of rotatable bonds is 2. The van der Waals surface area contributed by atoms with Crippen LogP contribution in [0.5, 0.6) is 11.5 Å². The zero-order valence-corrected chi connectivity index (χ0v) is 9.89. The van der Waals surface area contributed by atoms with Crippen LogP contribution in [0, 0.1) is 0 Å². The number of benzene rings is 1. The molecule has 0 saturated heterocycles. The number of aromatic hydroxyl groups is 2. The minimum atomic E-state index is -0.254. The van der Waals surface area contributed by atoms with E-state index in [1.54, 1.807) is 11.9 Å². The molecular formula is C13H17NO3. The molecule has 4 nitrogen and oxygen atoms in total. The van der Waals surface area contributed by atoms with E-state index in [-0.39, 0.29) is 17.4 Å². The summed E-state index contributed by atoms with van der Waals surface area (Å²) in [6.07, 6.45) is 4.44. The normalized spacial score (nSPS) is 16.1. The van der Waals surface area contributed by atoms with Crippen LogP contribution in [0.4, 0.5) is 0 Å². The number of amides is 1. The molecule has 17 heavy (non-hydrogen) atoms. The van der Waals surface area contributed by atoms with E-state index in [2.05, 4.69) is 0 Å². The van der Waals surface area contributed by atoms with Crippen LogP contribution in [-0.2, 0) is 0 Å². The molecule has 4 heteroatoms. The number of nitrogens with zero attached hydrogens (tertiary/aromatic N) is 1. The Bertz CT molecular complexity index is 425. The molecule has 1 aliphatic rings. The van der Waals surface area contributed by atoms with Gasteiger partial charge in [0.1, 0.15) is 0 Å². The highest BCUT2D eigenvalue weighted by Gasteiger charge is 2.24. The topological polar surface area (TPSA) is 60.8 Å². The van der Waals surface area contributed by atoms with E-state index in [0.29, 0.717) is 11.6 Å². The Morgan fingerprint density at radius 3 is 2.47 bits per heavy atom. The van der Waals surface area contributed by atoms with Crippen molar-refractivity contribution in [3.63, 3.8) is 0 Å². The standard InChI is InChI=1S/C13H17NO3/c1-14(10-4-2-3-5-10)13(17)9-6-7-11(15)12(16)8-9/h6-8,10,15-16H,2-5H2,1H3. The molecule has 1 saturated carbocycles. The Morgan fingerprint density at radius 1 is 1.24 bits per heavy atom. The fraction of sp³-hybridized carbons (Fsp3) is 0.462. The van der Waals surface area contributed by atoms with Crippen molar-refractivity contribution in [1.82, 2.24) is 4.90 Å². The Labute approximate surface area is 100 Å². The summed E-state index contributed by atoms with van der Waals surface area (Å²) in [6, 6.07) is 4.48. The molecule has 2 N–H and O–H groups in total. The van der Waals surface area contributed by atoms with Crippen molar-refractivity contribution in [2.45, 2.75) is 31.7 Å². The van der Waals surface area contributed by atoms with E-state index in [4.69, 9.17) is 0 Å². The number of carbonyl (C=O) groups is 1. The van der Waals surface area contributed by atoms with E-state index in [1.165, 1.54) is 31.0 Å². The summed E-state index contributed by atoms with van der Waals surface area (Å²) in [6.45, 7) is 0. The first kappa shape index (κ1) is 11.8. The molecule has 92 valence electrons. The van der Waals surface area contributed by atoms with Gasteiger partial charge in [0.15, 0.2) is 11.5 Å². The lowest BCUT2D eigenvalue weighted by Crippen LogP contribution is -2.35. The van der Waals surface area contributed by atoms with E-state index in [1.807, 2.05) is 0 Å². The third-order valence-corrected chi connectivity index (χ3v) is 3.42. The highest BCUT2D eigenvalue weighted by atomic mass is 16.3. The summed E-state index contributed by atoms with van der Waals surface area (Å²) < 4.78 is 0. The maximum atomic E-state index is 12.1. The Balaban J connectivity index is 2.15. The monoisotopic (exact) mass is 235 g/mol. The van der Waals surface area contributed by atoms with Gasteiger partial charge in [0.05, 0.1) is 0 Å². The smallest absolute Gasteiger partial charge is 0.253 e. The summed E-state index contributed by atoms with van der Waals surface area (Å²) in [7, 11) is 1.79. The van der Waals surface area contributed by atoms with Crippen molar-refractivity contribution < 1.29 is 15.0 Å². The number of hydrogen-bond acceptors (Lipinski definition) is 3. The number of phenols is 2. The van der Waals surface area contributed by atoms with Crippen molar-refractivity contribution in [3.8, 4) is 11.5 Å². The van der Waals surface area contributed by atoms with Crippen molar-refractivity contribution in [2.24, 2.45) is 0 Å². The molecule has 0 aliphatic heterocycles. The molecule has 0 unspecified atom stereocenters.